The van der Waals surface area contributed by atoms with Gasteiger partial charge in [-0.15, -0.1) is 0 Å². The Morgan fingerprint density at radius 3 is 2.17 bits per heavy atom. The van der Waals surface area contributed by atoms with Crippen molar-refractivity contribution in [3.8, 4) is 0 Å². The normalized spacial score (nSPS) is 17.1. The van der Waals surface area contributed by atoms with Crippen molar-refractivity contribution in [3.63, 3.8) is 0 Å². The minimum absolute atomic E-state index is 0.0112. The molecule has 1 aliphatic heterocycles. The van der Waals surface area contributed by atoms with Gasteiger partial charge in [-0.2, -0.15) is 0 Å². The van der Waals surface area contributed by atoms with Crippen LogP contribution in [0.4, 0.5) is 17.6 Å². The van der Waals surface area contributed by atoms with Crippen LogP contribution in [0.1, 0.15) is 29.8 Å². The van der Waals surface area contributed by atoms with Crippen LogP contribution in [0.3, 0.4) is 0 Å². The number of carbonyl (C=O) groups is 1. The molecule has 1 N–H and O–H groups in total. The maximum Gasteiger partial charge on any atom is 0.257 e. The van der Waals surface area contributed by atoms with Gasteiger partial charge in [-0.05, 0) is 30.2 Å². The predicted octanol–water partition coefficient (Wildman–Crippen LogP) is 4.04. The number of hydrogen-bond acceptors (Lipinski definition) is 3. The molecule has 2 aromatic rings. The second-order valence-electron chi connectivity index (χ2n) is 7.13. The summed E-state index contributed by atoms with van der Waals surface area (Å²) in [5.41, 5.74) is -0.786. The number of carbonyl (C=O) groups excluding carboxylic acids is 1. The van der Waals surface area contributed by atoms with E-state index in [0.29, 0.717) is 0 Å². The molecule has 0 saturated carbocycles. The largest absolute Gasteiger partial charge is 0.477 e. The SMILES string of the molecule is CC(C)C(NC(=O)c1c(F)cccc1F)C1=N[C@@H](Cc2c(F)cccc2F)CO1. The van der Waals surface area contributed by atoms with E-state index in [-0.39, 0.29) is 30.4 Å². The standard InChI is InChI=1S/C21H20F4N2O2/c1-11(2)19(27-20(28)18-16(24)7-4-8-17(18)25)21-26-12(10-29-21)9-13-14(22)5-3-6-15(13)23/h3-8,11-12,19H,9-10H2,1-2H3,(H,27,28)/t12-,19?/m0/s1. The van der Waals surface area contributed by atoms with E-state index in [2.05, 4.69) is 10.3 Å². The minimum Gasteiger partial charge on any atom is -0.477 e. The molecule has 3 rings (SSSR count). The van der Waals surface area contributed by atoms with Crippen molar-refractivity contribution in [2.45, 2.75) is 32.4 Å². The molecule has 154 valence electrons. The topological polar surface area (TPSA) is 50.7 Å². The number of ether oxygens (including phenoxy) is 1. The smallest absolute Gasteiger partial charge is 0.257 e. The Bertz CT molecular complexity index is 906. The van der Waals surface area contributed by atoms with Crippen molar-refractivity contribution in [2.75, 3.05) is 6.61 Å². The molecule has 1 amide bonds. The summed E-state index contributed by atoms with van der Waals surface area (Å²) in [5, 5.41) is 2.54. The Balaban J connectivity index is 1.77. The van der Waals surface area contributed by atoms with Crippen molar-refractivity contribution in [3.05, 3.63) is 70.8 Å². The number of halogens is 4. The number of hydrogen-bond donors (Lipinski definition) is 1. The van der Waals surface area contributed by atoms with Crippen molar-refractivity contribution < 1.29 is 27.1 Å². The molecule has 1 aliphatic rings. The van der Waals surface area contributed by atoms with Crippen molar-refractivity contribution >= 4 is 11.8 Å². The van der Waals surface area contributed by atoms with Crippen LogP contribution in [0.25, 0.3) is 0 Å². The molecule has 0 aliphatic carbocycles. The Labute approximate surface area is 165 Å². The summed E-state index contributed by atoms with van der Waals surface area (Å²) in [4.78, 5) is 16.8. The van der Waals surface area contributed by atoms with Crippen molar-refractivity contribution in [2.24, 2.45) is 10.9 Å². The van der Waals surface area contributed by atoms with Gasteiger partial charge in [0.25, 0.3) is 5.91 Å². The van der Waals surface area contributed by atoms with Gasteiger partial charge in [0.15, 0.2) is 0 Å². The van der Waals surface area contributed by atoms with E-state index in [1.165, 1.54) is 18.2 Å². The van der Waals surface area contributed by atoms with Gasteiger partial charge in [-0.25, -0.2) is 22.6 Å². The zero-order chi connectivity index (χ0) is 21.1. The van der Waals surface area contributed by atoms with E-state index in [9.17, 15) is 22.4 Å². The summed E-state index contributed by atoms with van der Waals surface area (Å²) in [6.45, 7) is 3.63. The highest BCUT2D eigenvalue weighted by molar-refractivity contribution is 5.98. The second-order valence-corrected chi connectivity index (χ2v) is 7.13. The third-order valence-corrected chi connectivity index (χ3v) is 4.64. The first-order valence-electron chi connectivity index (χ1n) is 9.16. The zero-order valence-electron chi connectivity index (χ0n) is 15.9. The first-order valence-corrected chi connectivity index (χ1v) is 9.16. The van der Waals surface area contributed by atoms with Gasteiger partial charge >= 0.3 is 0 Å². The summed E-state index contributed by atoms with van der Waals surface area (Å²) >= 11 is 0. The number of rotatable bonds is 6. The van der Waals surface area contributed by atoms with Crippen LogP contribution in [-0.2, 0) is 11.2 Å². The third-order valence-electron chi connectivity index (χ3n) is 4.64. The van der Waals surface area contributed by atoms with Crippen LogP contribution in [0.15, 0.2) is 41.4 Å². The van der Waals surface area contributed by atoms with Gasteiger partial charge in [0, 0.05) is 12.0 Å². The highest BCUT2D eigenvalue weighted by Gasteiger charge is 2.31. The lowest BCUT2D eigenvalue weighted by molar-refractivity contribution is 0.0926. The van der Waals surface area contributed by atoms with Crippen molar-refractivity contribution in [1.82, 2.24) is 5.32 Å². The summed E-state index contributed by atoms with van der Waals surface area (Å²) < 4.78 is 61.0. The summed E-state index contributed by atoms with van der Waals surface area (Å²) in [6, 6.07) is 5.46. The number of nitrogens with one attached hydrogen (secondary N) is 1. The van der Waals surface area contributed by atoms with Crippen molar-refractivity contribution in [1.29, 1.82) is 0 Å². The molecule has 0 spiro atoms. The molecule has 0 aromatic heterocycles. The van der Waals surface area contributed by atoms with Gasteiger partial charge < -0.3 is 10.1 Å². The Hall–Kier alpha value is -2.90. The molecule has 1 unspecified atom stereocenters. The molecule has 4 nitrogen and oxygen atoms in total. The zero-order valence-corrected chi connectivity index (χ0v) is 15.9. The number of aliphatic imine (C=N–C) groups is 1. The van der Waals surface area contributed by atoms with Crippen LogP contribution < -0.4 is 5.32 Å². The van der Waals surface area contributed by atoms with Crippen LogP contribution >= 0.6 is 0 Å². The van der Waals surface area contributed by atoms with Crippen LogP contribution in [-0.4, -0.2) is 30.5 Å². The maximum atomic E-state index is 13.9. The van der Waals surface area contributed by atoms with Gasteiger partial charge in [-0.1, -0.05) is 26.0 Å². The first-order chi connectivity index (χ1) is 13.8. The number of benzene rings is 2. The summed E-state index contributed by atoms with van der Waals surface area (Å²) in [5.74, 6) is -4.29. The minimum atomic E-state index is -0.979. The summed E-state index contributed by atoms with van der Waals surface area (Å²) in [6.07, 6.45) is -0.0112. The van der Waals surface area contributed by atoms with E-state index in [4.69, 9.17) is 4.74 Å². The predicted molar refractivity (Wildman–Crippen MR) is 99.7 cm³/mol. The molecule has 2 aromatic carbocycles. The van der Waals surface area contributed by atoms with E-state index in [0.717, 1.165) is 18.2 Å². The molecule has 1 heterocycles. The molecular formula is C21H20F4N2O2. The van der Waals surface area contributed by atoms with Crippen LogP contribution in [0.5, 0.6) is 0 Å². The fourth-order valence-corrected chi connectivity index (χ4v) is 3.12. The van der Waals surface area contributed by atoms with Crippen LogP contribution in [0.2, 0.25) is 0 Å². The summed E-state index contributed by atoms with van der Waals surface area (Å²) in [7, 11) is 0. The third kappa shape index (κ3) is 4.58. The lowest BCUT2D eigenvalue weighted by atomic mass is 10.0. The average Bonchev–Trinajstić information content (AvgIpc) is 3.11. The fourth-order valence-electron chi connectivity index (χ4n) is 3.12. The van der Waals surface area contributed by atoms with Gasteiger partial charge in [0.05, 0.1) is 6.04 Å². The fraction of sp³-hybridized carbons (Fsp3) is 0.333. The van der Waals surface area contributed by atoms with E-state index in [1.54, 1.807) is 13.8 Å². The first kappa shape index (κ1) is 20.8. The second kappa shape index (κ2) is 8.63. The van der Waals surface area contributed by atoms with E-state index >= 15 is 0 Å². The molecule has 29 heavy (non-hydrogen) atoms. The quantitative estimate of drug-likeness (QED) is 0.734. The molecule has 2 atom stereocenters. The van der Waals surface area contributed by atoms with Gasteiger partial charge in [0.1, 0.15) is 41.5 Å². The molecule has 0 radical (unpaired) electrons. The molecular weight excluding hydrogens is 388 g/mol. The molecule has 0 bridgehead atoms. The lowest BCUT2D eigenvalue weighted by Gasteiger charge is -2.22. The number of amides is 1. The van der Waals surface area contributed by atoms with E-state index in [1.807, 2.05) is 0 Å². The Morgan fingerprint density at radius 2 is 1.62 bits per heavy atom. The monoisotopic (exact) mass is 408 g/mol. The lowest BCUT2D eigenvalue weighted by Crippen LogP contribution is -2.45. The number of nitrogens with zero attached hydrogens (tertiary/aromatic N) is 1. The average molecular weight is 408 g/mol. The Kier molecular flexibility index (Phi) is 6.20. The van der Waals surface area contributed by atoms with E-state index < -0.39 is 46.8 Å². The van der Waals surface area contributed by atoms with Gasteiger partial charge in [0.2, 0.25) is 5.90 Å². The van der Waals surface area contributed by atoms with Gasteiger partial charge in [-0.3, -0.25) is 4.79 Å². The molecule has 0 saturated heterocycles. The highest BCUT2D eigenvalue weighted by atomic mass is 19.1. The van der Waals surface area contributed by atoms with Crippen LogP contribution in [0, 0.1) is 29.2 Å². The molecule has 0 fully saturated rings. The maximum absolute atomic E-state index is 13.9. The molecule has 8 heteroatoms. The Morgan fingerprint density at radius 1 is 1.07 bits per heavy atom. The highest BCUT2D eigenvalue weighted by Crippen LogP contribution is 2.21.